The summed E-state index contributed by atoms with van der Waals surface area (Å²) in [5.74, 6) is 0.763. The Bertz CT molecular complexity index is 1380. The predicted octanol–water partition coefficient (Wildman–Crippen LogP) is 5.74. The van der Waals surface area contributed by atoms with Gasteiger partial charge in [-0.15, -0.1) is 11.3 Å². The van der Waals surface area contributed by atoms with Crippen LogP contribution in [-0.4, -0.2) is 15.0 Å². The summed E-state index contributed by atoms with van der Waals surface area (Å²) in [4.78, 5) is 25.3. The second-order valence-corrected chi connectivity index (χ2v) is 8.33. The minimum atomic E-state index is -0.313. The van der Waals surface area contributed by atoms with Gasteiger partial charge in [0.15, 0.2) is 5.16 Å². The van der Waals surface area contributed by atoms with E-state index in [2.05, 4.69) is 15.0 Å². The lowest BCUT2D eigenvalue weighted by molar-refractivity contribution is 0.573. The highest BCUT2D eigenvalue weighted by Gasteiger charge is 2.14. The van der Waals surface area contributed by atoms with Crippen LogP contribution in [0.3, 0.4) is 0 Å². The van der Waals surface area contributed by atoms with Gasteiger partial charge in [0.05, 0.1) is 11.1 Å². The smallest absolute Gasteiger partial charge is 0.260 e. The highest BCUT2D eigenvalue weighted by Crippen LogP contribution is 2.32. The Kier molecular flexibility index (Phi) is 4.94. The molecule has 5 nitrogen and oxygen atoms in total. The summed E-state index contributed by atoms with van der Waals surface area (Å²) in [6.45, 7) is 0. The number of aromatic nitrogens is 3. The van der Waals surface area contributed by atoms with E-state index >= 15 is 0 Å². The Balaban J connectivity index is 1.38. The van der Waals surface area contributed by atoms with Crippen molar-refractivity contribution in [3.63, 3.8) is 0 Å². The first-order valence-corrected chi connectivity index (χ1v) is 10.9. The van der Waals surface area contributed by atoms with Crippen molar-refractivity contribution < 1.29 is 8.81 Å². The lowest BCUT2D eigenvalue weighted by atomic mass is 10.1. The lowest BCUT2D eigenvalue weighted by Crippen LogP contribution is -2.08. The number of thioether (sulfide) groups is 1. The number of nitrogens with zero attached hydrogens (tertiary/aromatic N) is 2. The number of H-pyrrole nitrogens is 1. The van der Waals surface area contributed by atoms with Crippen molar-refractivity contribution in [1.82, 2.24) is 15.0 Å². The summed E-state index contributed by atoms with van der Waals surface area (Å²) in [7, 11) is 0. The molecule has 2 aromatic carbocycles. The van der Waals surface area contributed by atoms with Crippen molar-refractivity contribution in [1.29, 1.82) is 0 Å². The Morgan fingerprint density at radius 3 is 2.63 bits per heavy atom. The number of rotatable bonds is 5. The topological polar surface area (TPSA) is 71.8 Å². The third-order valence-corrected chi connectivity index (χ3v) is 6.29. The minimum Gasteiger partial charge on any atom is -0.444 e. The number of halogens is 1. The van der Waals surface area contributed by atoms with Crippen LogP contribution in [-0.2, 0) is 5.75 Å². The fraction of sp³-hybridized carbons (Fsp3) is 0.0455. The van der Waals surface area contributed by atoms with Crippen molar-refractivity contribution in [3.05, 3.63) is 88.1 Å². The molecule has 5 aromatic rings. The number of aromatic amines is 1. The van der Waals surface area contributed by atoms with Crippen LogP contribution in [0.15, 0.2) is 80.6 Å². The molecule has 0 aliphatic carbocycles. The van der Waals surface area contributed by atoms with Crippen molar-refractivity contribution in [2.45, 2.75) is 10.9 Å². The molecule has 0 amide bonds. The van der Waals surface area contributed by atoms with Crippen LogP contribution in [0.5, 0.6) is 0 Å². The zero-order valence-corrected chi connectivity index (χ0v) is 17.1. The Hall–Kier alpha value is -3.23. The molecule has 0 radical (unpaired) electrons. The van der Waals surface area contributed by atoms with Gasteiger partial charge in [0.1, 0.15) is 16.9 Å². The van der Waals surface area contributed by atoms with Gasteiger partial charge in [-0.25, -0.2) is 14.4 Å². The molecule has 1 N–H and O–H groups in total. The first-order valence-electron chi connectivity index (χ1n) is 9.07. The van der Waals surface area contributed by atoms with Crippen LogP contribution in [0.2, 0.25) is 0 Å². The highest BCUT2D eigenvalue weighted by molar-refractivity contribution is 7.98. The minimum absolute atomic E-state index is 0.215. The van der Waals surface area contributed by atoms with Gasteiger partial charge in [0.2, 0.25) is 5.89 Å². The molecule has 3 heterocycles. The monoisotopic (exact) mass is 435 g/mol. The standard InChI is InChI=1S/C22H14FN3O2S2/c23-15-8-6-13(7-9-15)17-12-29-21-18(17)19(27)25-22(26-21)30-11-16-10-28-20(24-16)14-4-2-1-3-5-14/h1-10,12H,11H2,(H,25,26,27). The van der Waals surface area contributed by atoms with E-state index in [1.165, 1.54) is 35.2 Å². The van der Waals surface area contributed by atoms with Crippen LogP contribution >= 0.6 is 23.1 Å². The van der Waals surface area contributed by atoms with E-state index in [-0.39, 0.29) is 11.4 Å². The lowest BCUT2D eigenvalue weighted by Gasteiger charge is -2.01. The molecule has 5 rings (SSSR count). The molecule has 0 spiro atoms. The van der Waals surface area contributed by atoms with Gasteiger partial charge < -0.3 is 9.40 Å². The number of hydrogen-bond acceptors (Lipinski definition) is 6. The molecule has 30 heavy (non-hydrogen) atoms. The van der Waals surface area contributed by atoms with Crippen molar-refractivity contribution in [2.75, 3.05) is 0 Å². The van der Waals surface area contributed by atoms with E-state index in [4.69, 9.17) is 4.42 Å². The second kappa shape index (κ2) is 7.89. The molecule has 0 fully saturated rings. The van der Waals surface area contributed by atoms with E-state index in [0.29, 0.717) is 27.0 Å². The molecule has 3 aromatic heterocycles. The molecular weight excluding hydrogens is 421 g/mol. The maximum atomic E-state index is 13.2. The molecule has 0 unspecified atom stereocenters. The van der Waals surface area contributed by atoms with Crippen LogP contribution in [0.4, 0.5) is 4.39 Å². The molecule has 0 atom stereocenters. The summed E-state index contributed by atoms with van der Waals surface area (Å²) in [6.07, 6.45) is 1.61. The summed E-state index contributed by atoms with van der Waals surface area (Å²) < 4.78 is 18.8. The van der Waals surface area contributed by atoms with Gasteiger partial charge in [0.25, 0.3) is 5.56 Å². The summed E-state index contributed by atoms with van der Waals surface area (Å²) >= 11 is 2.78. The molecule has 0 bridgehead atoms. The highest BCUT2D eigenvalue weighted by atomic mass is 32.2. The van der Waals surface area contributed by atoms with Crippen LogP contribution in [0.1, 0.15) is 5.69 Å². The number of hydrogen-bond donors (Lipinski definition) is 1. The van der Waals surface area contributed by atoms with E-state index in [1.807, 2.05) is 35.7 Å². The fourth-order valence-corrected chi connectivity index (χ4v) is 4.81. The molecular formula is C22H14FN3O2S2. The van der Waals surface area contributed by atoms with Crippen LogP contribution in [0.25, 0.3) is 32.8 Å². The van der Waals surface area contributed by atoms with E-state index in [0.717, 1.165) is 22.4 Å². The largest absolute Gasteiger partial charge is 0.444 e. The molecule has 0 aliphatic rings. The van der Waals surface area contributed by atoms with Crippen LogP contribution < -0.4 is 5.56 Å². The Morgan fingerprint density at radius 1 is 1.03 bits per heavy atom. The Labute approximate surface area is 178 Å². The van der Waals surface area contributed by atoms with Gasteiger partial charge in [-0.3, -0.25) is 4.79 Å². The average molecular weight is 436 g/mol. The second-order valence-electron chi connectivity index (χ2n) is 6.51. The summed E-state index contributed by atoms with van der Waals surface area (Å²) in [5.41, 5.74) is 3.00. The van der Waals surface area contributed by atoms with Gasteiger partial charge in [0, 0.05) is 22.3 Å². The third kappa shape index (κ3) is 3.67. The van der Waals surface area contributed by atoms with E-state index < -0.39 is 0 Å². The van der Waals surface area contributed by atoms with E-state index in [1.54, 1.807) is 18.4 Å². The SMILES string of the molecule is O=c1[nH]c(SCc2coc(-c3ccccc3)n2)nc2scc(-c3ccc(F)cc3)c12. The van der Waals surface area contributed by atoms with Crippen molar-refractivity contribution in [3.8, 4) is 22.6 Å². The molecule has 0 saturated heterocycles. The molecule has 148 valence electrons. The van der Waals surface area contributed by atoms with Gasteiger partial charge in [-0.2, -0.15) is 0 Å². The van der Waals surface area contributed by atoms with Crippen molar-refractivity contribution >= 4 is 33.3 Å². The van der Waals surface area contributed by atoms with E-state index in [9.17, 15) is 9.18 Å². The van der Waals surface area contributed by atoms with Gasteiger partial charge in [-0.1, -0.05) is 42.1 Å². The maximum Gasteiger partial charge on any atom is 0.260 e. The molecule has 0 saturated carbocycles. The Morgan fingerprint density at radius 2 is 1.83 bits per heavy atom. The number of nitrogens with one attached hydrogen (secondary N) is 1. The number of oxazole rings is 1. The molecule has 8 heteroatoms. The zero-order chi connectivity index (χ0) is 20.5. The normalized spacial score (nSPS) is 11.2. The molecule has 0 aliphatic heterocycles. The quantitative estimate of drug-likeness (QED) is 0.282. The van der Waals surface area contributed by atoms with Crippen LogP contribution in [0, 0.1) is 5.82 Å². The average Bonchev–Trinajstić information content (AvgIpc) is 3.41. The first-order chi connectivity index (χ1) is 14.7. The predicted molar refractivity (Wildman–Crippen MR) is 117 cm³/mol. The van der Waals surface area contributed by atoms with Gasteiger partial charge >= 0.3 is 0 Å². The summed E-state index contributed by atoms with van der Waals surface area (Å²) in [6, 6.07) is 15.8. The maximum absolute atomic E-state index is 13.2. The first kappa shape index (κ1) is 18.8. The number of benzene rings is 2. The fourth-order valence-electron chi connectivity index (χ4n) is 3.07. The zero-order valence-electron chi connectivity index (χ0n) is 15.5. The summed E-state index contributed by atoms with van der Waals surface area (Å²) in [5, 5.41) is 2.91. The number of thiophene rings is 1. The van der Waals surface area contributed by atoms with Gasteiger partial charge in [-0.05, 0) is 29.8 Å². The van der Waals surface area contributed by atoms with Crippen molar-refractivity contribution in [2.24, 2.45) is 0 Å². The number of fused-ring (bicyclic) bond motifs is 1. The third-order valence-electron chi connectivity index (χ3n) is 4.51.